The summed E-state index contributed by atoms with van der Waals surface area (Å²) in [5.74, 6) is 0.565. The smallest absolute Gasteiger partial charge is 0.272 e. The Labute approximate surface area is 100 Å². The van der Waals surface area contributed by atoms with Crippen LogP contribution in [0.1, 0.15) is 25.0 Å². The van der Waals surface area contributed by atoms with E-state index in [0.29, 0.717) is 16.9 Å². The lowest BCUT2D eigenvalue weighted by atomic mass is 10.1. The van der Waals surface area contributed by atoms with Crippen molar-refractivity contribution in [3.8, 4) is 5.75 Å². The number of hydrogen-bond donors (Lipinski definition) is 1. The lowest BCUT2D eigenvalue weighted by molar-refractivity contribution is -0.385. The summed E-state index contributed by atoms with van der Waals surface area (Å²) in [7, 11) is 0. The van der Waals surface area contributed by atoms with Gasteiger partial charge in [0.15, 0.2) is 0 Å². The first-order valence-electron chi connectivity index (χ1n) is 5.31. The molecule has 0 unspecified atom stereocenters. The van der Waals surface area contributed by atoms with Crippen molar-refractivity contribution in [1.82, 2.24) is 0 Å². The van der Waals surface area contributed by atoms with Crippen molar-refractivity contribution in [2.45, 2.75) is 33.3 Å². The van der Waals surface area contributed by atoms with Crippen molar-refractivity contribution >= 4 is 5.69 Å². The maximum atomic E-state index is 10.7. The van der Waals surface area contributed by atoms with Gasteiger partial charge in [-0.2, -0.15) is 0 Å². The summed E-state index contributed by atoms with van der Waals surface area (Å²) >= 11 is 0. The normalized spacial score (nSPS) is 11.4. The fourth-order valence-electron chi connectivity index (χ4n) is 1.38. The molecule has 1 N–H and O–H groups in total. The molecule has 1 rings (SSSR count). The standard InChI is InChI=1S/C12H17NO4/c1-8-6-11(17-7-12(3,4)14)9(2)5-10(8)13(15)16/h5-6,14H,7H2,1-4H3. The summed E-state index contributed by atoms with van der Waals surface area (Å²) in [6.07, 6.45) is 0. The Bertz CT molecular complexity index is 435. The molecular formula is C12H17NO4. The van der Waals surface area contributed by atoms with Gasteiger partial charge in [0, 0.05) is 11.6 Å². The SMILES string of the molecule is Cc1cc([N+](=O)[O-])c(C)cc1OCC(C)(C)O. The second-order valence-corrected chi connectivity index (χ2v) is 4.76. The number of benzene rings is 1. The van der Waals surface area contributed by atoms with Crippen LogP contribution in [-0.4, -0.2) is 22.2 Å². The topological polar surface area (TPSA) is 72.6 Å². The van der Waals surface area contributed by atoms with Gasteiger partial charge < -0.3 is 9.84 Å². The molecule has 1 aromatic rings. The average molecular weight is 239 g/mol. The molecule has 17 heavy (non-hydrogen) atoms. The molecule has 0 saturated heterocycles. The van der Waals surface area contributed by atoms with Crippen molar-refractivity contribution in [2.24, 2.45) is 0 Å². The van der Waals surface area contributed by atoms with Crippen molar-refractivity contribution < 1.29 is 14.8 Å². The number of aryl methyl sites for hydroxylation is 2. The Hall–Kier alpha value is -1.62. The van der Waals surface area contributed by atoms with Gasteiger partial charge in [-0.1, -0.05) is 0 Å². The molecule has 0 aliphatic carbocycles. The van der Waals surface area contributed by atoms with Gasteiger partial charge in [0.1, 0.15) is 12.4 Å². The minimum atomic E-state index is -0.928. The lowest BCUT2D eigenvalue weighted by Gasteiger charge is -2.19. The van der Waals surface area contributed by atoms with Crippen LogP contribution in [0.3, 0.4) is 0 Å². The second-order valence-electron chi connectivity index (χ2n) is 4.76. The van der Waals surface area contributed by atoms with Crippen LogP contribution >= 0.6 is 0 Å². The number of ether oxygens (including phenoxy) is 1. The number of nitrogens with zero attached hydrogens (tertiary/aromatic N) is 1. The van der Waals surface area contributed by atoms with Crippen LogP contribution in [0.15, 0.2) is 12.1 Å². The zero-order valence-electron chi connectivity index (χ0n) is 10.5. The van der Waals surface area contributed by atoms with Gasteiger partial charge in [0.25, 0.3) is 5.69 Å². The highest BCUT2D eigenvalue weighted by Crippen LogP contribution is 2.28. The molecule has 1 aromatic carbocycles. The number of rotatable bonds is 4. The van der Waals surface area contributed by atoms with Gasteiger partial charge in [-0.3, -0.25) is 10.1 Å². The Morgan fingerprint density at radius 1 is 1.35 bits per heavy atom. The van der Waals surface area contributed by atoms with Crippen LogP contribution in [0.5, 0.6) is 5.75 Å². The quantitative estimate of drug-likeness (QED) is 0.646. The molecule has 5 nitrogen and oxygen atoms in total. The zero-order chi connectivity index (χ0) is 13.2. The Kier molecular flexibility index (Phi) is 3.72. The molecule has 94 valence electrons. The van der Waals surface area contributed by atoms with E-state index in [2.05, 4.69) is 0 Å². The van der Waals surface area contributed by atoms with E-state index in [1.54, 1.807) is 33.8 Å². The van der Waals surface area contributed by atoms with Crippen molar-refractivity contribution in [2.75, 3.05) is 6.61 Å². The van der Waals surface area contributed by atoms with E-state index >= 15 is 0 Å². The number of hydrogen-bond acceptors (Lipinski definition) is 4. The van der Waals surface area contributed by atoms with E-state index in [1.807, 2.05) is 0 Å². The third kappa shape index (κ3) is 3.71. The van der Waals surface area contributed by atoms with Crippen LogP contribution in [-0.2, 0) is 0 Å². The van der Waals surface area contributed by atoms with E-state index < -0.39 is 10.5 Å². The molecule has 0 bridgehead atoms. The fourth-order valence-corrected chi connectivity index (χ4v) is 1.38. The molecule has 0 saturated carbocycles. The first-order chi connectivity index (χ1) is 7.70. The van der Waals surface area contributed by atoms with Crippen LogP contribution in [0.2, 0.25) is 0 Å². The highest BCUT2D eigenvalue weighted by molar-refractivity contribution is 5.49. The van der Waals surface area contributed by atoms with Gasteiger partial charge in [0.05, 0.1) is 10.5 Å². The summed E-state index contributed by atoms with van der Waals surface area (Å²) in [6, 6.07) is 3.11. The third-order valence-electron chi connectivity index (χ3n) is 2.27. The molecule has 0 atom stereocenters. The molecule has 0 spiro atoms. The second kappa shape index (κ2) is 4.71. The summed E-state index contributed by atoms with van der Waals surface area (Å²) < 4.78 is 5.44. The maximum absolute atomic E-state index is 10.7. The van der Waals surface area contributed by atoms with Gasteiger partial charge in [0.2, 0.25) is 0 Å². The van der Waals surface area contributed by atoms with Crippen LogP contribution in [0, 0.1) is 24.0 Å². The molecule has 0 aliphatic heterocycles. The molecular weight excluding hydrogens is 222 g/mol. The first kappa shape index (κ1) is 13.4. The molecule has 0 heterocycles. The molecule has 0 fully saturated rings. The summed E-state index contributed by atoms with van der Waals surface area (Å²) in [4.78, 5) is 10.3. The number of nitro benzene ring substituents is 1. The minimum Gasteiger partial charge on any atom is -0.490 e. The van der Waals surface area contributed by atoms with Crippen LogP contribution in [0.4, 0.5) is 5.69 Å². The highest BCUT2D eigenvalue weighted by atomic mass is 16.6. The van der Waals surface area contributed by atoms with E-state index in [0.717, 1.165) is 0 Å². The predicted octanol–water partition coefficient (Wildman–Crippen LogP) is 2.36. The van der Waals surface area contributed by atoms with E-state index in [1.165, 1.54) is 6.07 Å². The molecule has 0 aliphatic rings. The van der Waals surface area contributed by atoms with Gasteiger partial charge in [-0.05, 0) is 39.3 Å². The maximum Gasteiger partial charge on any atom is 0.272 e. The molecule has 0 aromatic heterocycles. The Balaban J connectivity index is 2.96. The molecule has 5 heteroatoms. The van der Waals surface area contributed by atoms with Crippen molar-refractivity contribution in [3.63, 3.8) is 0 Å². The fraction of sp³-hybridized carbons (Fsp3) is 0.500. The largest absolute Gasteiger partial charge is 0.490 e. The average Bonchev–Trinajstić information content (AvgIpc) is 2.17. The van der Waals surface area contributed by atoms with Crippen molar-refractivity contribution in [1.29, 1.82) is 0 Å². The Morgan fingerprint density at radius 2 is 1.94 bits per heavy atom. The predicted molar refractivity (Wildman–Crippen MR) is 64.4 cm³/mol. The number of nitro groups is 1. The first-order valence-corrected chi connectivity index (χ1v) is 5.31. The highest BCUT2D eigenvalue weighted by Gasteiger charge is 2.17. The summed E-state index contributed by atoms with van der Waals surface area (Å²) in [5, 5.41) is 20.3. The lowest BCUT2D eigenvalue weighted by Crippen LogP contribution is -2.28. The minimum absolute atomic E-state index is 0.0816. The van der Waals surface area contributed by atoms with Crippen LogP contribution < -0.4 is 4.74 Å². The van der Waals surface area contributed by atoms with Gasteiger partial charge in [-0.15, -0.1) is 0 Å². The third-order valence-corrected chi connectivity index (χ3v) is 2.27. The summed E-state index contributed by atoms with van der Waals surface area (Å²) in [5.41, 5.74) is 0.387. The van der Waals surface area contributed by atoms with Crippen molar-refractivity contribution in [3.05, 3.63) is 33.4 Å². The van der Waals surface area contributed by atoms with Gasteiger partial charge >= 0.3 is 0 Å². The zero-order valence-corrected chi connectivity index (χ0v) is 10.5. The molecule has 0 amide bonds. The van der Waals surface area contributed by atoms with E-state index in [-0.39, 0.29) is 12.3 Å². The Morgan fingerprint density at radius 3 is 2.41 bits per heavy atom. The summed E-state index contributed by atoms with van der Waals surface area (Å²) in [6.45, 7) is 6.83. The van der Waals surface area contributed by atoms with Gasteiger partial charge in [-0.25, -0.2) is 0 Å². The number of aliphatic hydroxyl groups is 1. The van der Waals surface area contributed by atoms with Crippen LogP contribution in [0.25, 0.3) is 0 Å². The molecule has 0 radical (unpaired) electrons. The van der Waals surface area contributed by atoms with E-state index in [9.17, 15) is 15.2 Å². The monoisotopic (exact) mass is 239 g/mol. The van der Waals surface area contributed by atoms with E-state index in [4.69, 9.17) is 4.74 Å².